The molecule has 1 aliphatic carbocycles. The number of benzene rings is 3. The Bertz CT molecular complexity index is 1130. The topological polar surface area (TPSA) is 67.4 Å². The van der Waals surface area contributed by atoms with Gasteiger partial charge in [-0.15, -0.1) is 0 Å². The van der Waals surface area contributed by atoms with Gasteiger partial charge in [-0.2, -0.15) is 0 Å². The van der Waals surface area contributed by atoms with Crippen LogP contribution in [0.15, 0.2) is 72.8 Å². The number of hydrogen-bond donors (Lipinski definition) is 2. The molecule has 4 rings (SSSR count). The first-order valence-electron chi connectivity index (χ1n) is 11.6. The van der Waals surface area contributed by atoms with E-state index >= 15 is 0 Å². The number of hydrogen-bond acceptors (Lipinski definition) is 3. The molecule has 0 radical (unpaired) electrons. The van der Waals surface area contributed by atoms with E-state index in [1.165, 1.54) is 17.5 Å². The lowest BCUT2D eigenvalue weighted by Crippen LogP contribution is -2.32. The van der Waals surface area contributed by atoms with E-state index in [-0.39, 0.29) is 17.9 Å². The van der Waals surface area contributed by atoms with Crippen molar-refractivity contribution >= 4 is 17.5 Å². The Morgan fingerprint density at radius 2 is 1.58 bits per heavy atom. The minimum absolute atomic E-state index is 0.158. The molecule has 0 spiro atoms. The van der Waals surface area contributed by atoms with Crippen LogP contribution >= 0.6 is 0 Å². The van der Waals surface area contributed by atoms with Crippen LogP contribution < -0.4 is 15.4 Å². The van der Waals surface area contributed by atoms with Crippen LogP contribution in [0.2, 0.25) is 0 Å². The summed E-state index contributed by atoms with van der Waals surface area (Å²) in [5, 5.41) is 5.89. The maximum Gasteiger partial charge on any atom is 0.265 e. The van der Waals surface area contributed by atoms with E-state index in [1.807, 2.05) is 49.4 Å². The van der Waals surface area contributed by atoms with Crippen LogP contribution in [0, 0.1) is 0 Å². The van der Waals surface area contributed by atoms with E-state index in [0.29, 0.717) is 11.3 Å². The van der Waals surface area contributed by atoms with E-state index < -0.39 is 6.10 Å². The monoisotopic (exact) mass is 442 g/mol. The first-order chi connectivity index (χ1) is 16.0. The van der Waals surface area contributed by atoms with Crippen molar-refractivity contribution in [2.45, 2.75) is 51.7 Å². The Labute approximate surface area is 195 Å². The molecular formula is C28H30N2O3. The summed E-state index contributed by atoms with van der Waals surface area (Å²) in [5.41, 5.74) is 4.41. The van der Waals surface area contributed by atoms with Crippen LogP contribution in [-0.2, 0) is 17.6 Å². The van der Waals surface area contributed by atoms with Gasteiger partial charge in [0.05, 0.1) is 17.3 Å². The summed E-state index contributed by atoms with van der Waals surface area (Å²) in [6.07, 6.45) is 3.66. The van der Waals surface area contributed by atoms with E-state index in [2.05, 4.69) is 16.7 Å². The first-order valence-corrected chi connectivity index (χ1v) is 11.6. The zero-order valence-electron chi connectivity index (χ0n) is 19.1. The number of fused-ring (bicyclic) bond motifs is 1. The van der Waals surface area contributed by atoms with Gasteiger partial charge in [0.15, 0.2) is 6.10 Å². The van der Waals surface area contributed by atoms with Crippen LogP contribution in [0.1, 0.15) is 59.8 Å². The summed E-state index contributed by atoms with van der Waals surface area (Å²) in [5.74, 6) is 0.241. The molecule has 0 saturated heterocycles. The average Bonchev–Trinajstić information content (AvgIpc) is 2.85. The van der Waals surface area contributed by atoms with Crippen LogP contribution in [0.3, 0.4) is 0 Å². The molecular weight excluding hydrogens is 412 g/mol. The van der Waals surface area contributed by atoms with Gasteiger partial charge in [-0.25, -0.2) is 0 Å². The second kappa shape index (κ2) is 10.3. The Balaban J connectivity index is 1.44. The van der Waals surface area contributed by atoms with Gasteiger partial charge < -0.3 is 15.4 Å². The predicted octanol–water partition coefficient (Wildman–Crippen LogP) is 5.46. The van der Waals surface area contributed by atoms with E-state index in [9.17, 15) is 9.59 Å². The largest absolute Gasteiger partial charge is 0.481 e. The normalized spacial score (nSPS) is 14.5. The van der Waals surface area contributed by atoms with Gasteiger partial charge in [-0.05, 0) is 74.4 Å². The van der Waals surface area contributed by atoms with Crippen LogP contribution in [0.5, 0.6) is 5.75 Å². The quantitative estimate of drug-likeness (QED) is 0.510. The lowest BCUT2D eigenvalue weighted by Gasteiger charge is -2.22. The number of amides is 2. The summed E-state index contributed by atoms with van der Waals surface area (Å²) in [7, 11) is 0. The molecule has 33 heavy (non-hydrogen) atoms. The van der Waals surface area contributed by atoms with Gasteiger partial charge in [0.2, 0.25) is 0 Å². The minimum Gasteiger partial charge on any atom is -0.481 e. The van der Waals surface area contributed by atoms with E-state index in [4.69, 9.17) is 4.74 Å². The van der Waals surface area contributed by atoms with Crippen LogP contribution in [-0.4, -0.2) is 17.9 Å². The molecule has 2 amide bonds. The third-order valence-corrected chi connectivity index (χ3v) is 6.10. The fourth-order valence-electron chi connectivity index (χ4n) is 4.22. The SMILES string of the molecule is C[C@H](NC(=O)c1ccccc1NC(=O)[C@@H](C)Oc1cccc2c1CCCC2)c1ccccc1. The summed E-state index contributed by atoms with van der Waals surface area (Å²) in [6.45, 7) is 3.67. The van der Waals surface area contributed by atoms with Gasteiger partial charge in [0.25, 0.3) is 11.8 Å². The molecule has 0 fully saturated rings. The number of nitrogens with one attached hydrogen (secondary N) is 2. The molecule has 170 valence electrons. The second-order valence-electron chi connectivity index (χ2n) is 8.50. The van der Waals surface area contributed by atoms with Crippen molar-refractivity contribution in [3.63, 3.8) is 0 Å². The van der Waals surface area contributed by atoms with Crippen molar-refractivity contribution in [2.24, 2.45) is 0 Å². The van der Waals surface area contributed by atoms with Crippen molar-refractivity contribution in [3.05, 3.63) is 95.1 Å². The highest BCUT2D eigenvalue weighted by molar-refractivity contribution is 6.04. The summed E-state index contributed by atoms with van der Waals surface area (Å²) in [4.78, 5) is 25.9. The molecule has 3 aromatic rings. The fourth-order valence-corrected chi connectivity index (χ4v) is 4.22. The average molecular weight is 443 g/mol. The van der Waals surface area contributed by atoms with Gasteiger partial charge >= 0.3 is 0 Å². The van der Waals surface area contributed by atoms with Crippen LogP contribution in [0.4, 0.5) is 5.69 Å². The molecule has 1 aliphatic rings. The number of carbonyl (C=O) groups excluding carboxylic acids is 2. The number of ether oxygens (including phenoxy) is 1. The fraction of sp³-hybridized carbons (Fsp3) is 0.286. The molecule has 5 heteroatoms. The first kappa shape index (κ1) is 22.6. The van der Waals surface area contributed by atoms with Crippen molar-refractivity contribution in [2.75, 3.05) is 5.32 Å². The molecule has 3 aromatic carbocycles. The number of rotatable bonds is 7. The van der Waals surface area contributed by atoms with Gasteiger partial charge in [-0.3, -0.25) is 9.59 Å². The smallest absolute Gasteiger partial charge is 0.265 e. The van der Waals surface area contributed by atoms with Crippen molar-refractivity contribution in [1.29, 1.82) is 0 Å². The molecule has 0 aliphatic heterocycles. The van der Waals surface area contributed by atoms with Gasteiger partial charge in [0.1, 0.15) is 5.75 Å². The zero-order valence-corrected chi connectivity index (χ0v) is 19.1. The van der Waals surface area contributed by atoms with Gasteiger partial charge in [-0.1, -0.05) is 54.6 Å². The Kier molecular flexibility index (Phi) is 7.08. The summed E-state index contributed by atoms with van der Waals surface area (Å²) >= 11 is 0. The molecule has 0 unspecified atom stereocenters. The lowest BCUT2D eigenvalue weighted by atomic mass is 9.91. The third-order valence-electron chi connectivity index (χ3n) is 6.10. The zero-order chi connectivity index (χ0) is 23.2. The standard InChI is InChI=1S/C28H30N2O3/c1-19(21-11-4-3-5-12-21)29-28(32)24-16-8-9-17-25(24)30-27(31)20(2)33-26-18-10-14-22-13-6-7-15-23(22)26/h3-5,8-12,14,16-20H,6-7,13,15H2,1-2H3,(H,29,32)(H,30,31)/t19-,20+/m0/s1. The van der Waals surface area contributed by atoms with Crippen LogP contribution in [0.25, 0.3) is 0 Å². The van der Waals surface area contributed by atoms with Crippen molar-refractivity contribution in [3.8, 4) is 5.75 Å². The number of anilines is 1. The van der Waals surface area contributed by atoms with Crippen molar-refractivity contribution in [1.82, 2.24) is 5.32 Å². The van der Waals surface area contributed by atoms with E-state index in [0.717, 1.165) is 30.6 Å². The maximum absolute atomic E-state index is 13.0. The number of para-hydroxylation sites is 1. The molecule has 0 aromatic heterocycles. The highest BCUT2D eigenvalue weighted by Gasteiger charge is 2.22. The van der Waals surface area contributed by atoms with E-state index in [1.54, 1.807) is 31.2 Å². The second-order valence-corrected chi connectivity index (χ2v) is 8.50. The third kappa shape index (κ3) is 5.43. The molecule has 0 saturated carbocycles. The molecule has 0 heterocycles. The highest BCUT2D eigenvalue weighted by atomic mass is 16.5. The maximum atomic E-state index is 13.0. The molecule has 2 atom stereocenters. The molecule has 0 bridgehead atoms. The number of carbonyl (C=O) groups is 2. The molecule has 2 N–H and O–H groups in total. The summed E-state index contributed by atoms with van der Waals surface area (Å²) in [6, 6.07) is 22.7. The van der Waals surface area contributed by atoms with Crippen molar-refractivity contribution < 1.29 is 14.3 Å². The minimum atomic E-state index is -0.696. The van der Waals surface area contributed by atoms with Gasteiger partial charge in [0, 0.05) is 0 Å². The summed E-state index contributed by atoms with van der Waals surface area (Å²) < 4.78 is 6.06. The highest BCUT2D eigenvalue weighted by Crippen LogP contribution is 2.30. The Hall–Kier alpha value is -3.60. The Morgan fingerprint density at radius 3 is 2.39 bits per heavy atom. The lowest BCUT2D eigenvalue weighted by molar-refractivity contribution is -0.122. The number of aryl methyl sites for hydroxylation is 1. The molecule has 5 nitrogen and oxygen atoms in total. The Morgan fingerprint density at radius 1 is 0.848 bits per heavy atom. The predicted molar refractivity (Wildman–Crippen MR) is 131 cm³/mol.